The van der Waals surface area contributed by atoms with E-state index in [2.05, 4.69) is 0 Å². The first-order chi connectivity index (χ1) is 12.9. The van der Waals surface area contributed by atoms with Gasteiger partial charge in [-0.15, -0.1) is 0 Å². The van der Waals surface area contributed by atoms with Crippen molar-refractivity contribution in [1.29, 1.82) is 0 Å². The fourth-order valence-electron chi connectivity index (χ4n) is 4.32. The van der Waals surface area contributed by atoms with E-state index in [4.69, 9.17) is 9.47 Å². The molecule has 0 bridgehead atoms. The standard InChI is InChI=1S/C19H26N2O5S/c1-3-18(22)21-14(2)12-15-13-16(4-5-17(15)21)27(23,24)20-8-6-19(7-9-20)25-10-11-26-19/h4-5,13-14H,3,6-12H2,1-2H3/t14-/m0/s1. The minimum atomic E-state index is -3.57. The number of rotatable bonds is 3. The molecule has 4 rings (SSSR count). The van der Waals surface area contributed by atoms with Gasteiger partial charge in [-0.05, 0) is 37.1 Å². The van der Waals surface area contributed by atoms with Crippen LogP contribution in [0, 0.1) is 0 Å². The monoisotopic (exact) mass is 394 g/mol. The van der Waals surface area contributed by atoms with E-state index in [1.807, 2.05) is 13.8 Å². The van der Waals surface area contributed by atoms with Crippen LogP contribution in [0.1, 0.15) is 38.7 Å². The fourth-order valence-corrected chi connectivity index (χ4v) is 5.81. The fraction of sp³-hybridized carbons (Fsp3) is 0.632. The van der Waals surface area contributed by atoms with Crippen molar-refractivity contribution in [1.82, 2.24) is 4.31 Å². The Hall–Kier alpha value is -1.48. The number of amides is 1. The Morgan fingerprint density at radius 2 is 1.89 bits per heavy atom. The molecular weight excluding hydrogens is 368 g/mol. The van der Waals surface area contributed by atoms with Gasteiger partial charge in [-0.3, -0.25) is 4.79 Å². The Bertz CT molecular complexity index is 838. The second kappa shape index (κ2) is 6.84. The van der Waals surface area contributed by atoms with Crippen LogP contribution < -0.4 is 4.90 Å². The molecule has 0 aromatic heterocycles. The average Bonchev–Trinajstić information content (AvgIpc) is 3.24. The highest BCUT2D eigenvalue weighted by Gasteiger charge is 2.43. The number of ether oxygens (including phenoxy) is 2. The van der Waals surface area contributed by atoms with E-state index in [9.17, 15) is 13.2 Å². The molecule has 1 aromatic carbocycles. The van der Waals surface area contributed by atoms with Crippen LogP contribution in [-0.2, 0) is 30.7 Å². The van der Waals surface area contributed by atoms with Crippen molar-refractivity contribution in [3.05, 3.63) is 23.8 Å². The summed E-state index contributed by atoms with van der Waals surface area (Å²) in [5.41, 5.74) is 1.75. The molecular formula is C19H26N2O5S. The minimum absolute atomic E-state index is 0.0527. The van der Waals surface area contributed by atoms with Gasteiger partial charge in [0.2, 0.25) is 15.9 Å². The molecule has 0 radical (unpaired) electrons. The summed E-state index contributed by atoms with van der Waals surface area (Å²) in [4.78, 5) is 14.3. The van der Waals surface area contributed by atoms with Gasteiger partial charge in [-0.1, -0.05) is 6.92 Å². The third-order valence-corrected chi connectivity index (χ3v) is 7.67. The molecule has 27 heavy (non-hydrogen) atoms. The highest BCUT2D eigenvalue weighted by atomic mass is 32.2. The second-order valence-electron chi connectivity index (χ2n) is 7.47. The first-order valence-corrected chi connectivity index (χ1v) is 11.0. The molecule has 1 aromatic rings. The van der Waals surface area contributed by atoms with Crippen LogP contribution in [0.25, 0.3) is 0 Å². The molecule has 0 N–H and O–H groups in total. The normalized spacial score (nSPS) is 25.1. The molecule has 8 heteroatoms. The number of fused-ring (bicyclic) bond motifs is 1. The minimum Gasteiger partial charge on any atom is -0.347 e. The van der Waals surface area contributed by atoms with Crippen molar-refractivity contribution in [2.24, 2.45) is 0 Å². The van der Waals surface area contributed by atoms with Crippen LogP contribution in [0.4, 0.5) is 5.69 Å². The Balaban J connectivity index is 1.55. The third kappa shape index (κ3) is 3.18. The summed E-state index contributed by atoms with van der Waals surface area (Å²) in [6, 6.07) is 5.18. The first-order valence-electron chi connectivity index (χ1n) is 9.59. The number of hydrogen-bond acceptors (Lipinski definition) is 5. The van der Waals surface area contributed by atoms with E-state index in [1.165, 1.54) is 4.31 Å². The van der Waals surface area contributed by atoms with Gasteiger partial charge in [0, 0.05) is 44.1 Å². The molecule has 1 spiro atoms. The summed E-state index contributed by atoms with van der Waals surface area (Å²) in [5, 5.41) is 0. The maximum absolute atomic E-state index is 13.1. The van der Waals surface area contributed by atoms with E-state index < -0.39 is 15.8 Å². The number of carbonyl (C=O) groups is 1. The number of piperidine rings is 1. The largest absolute Gasteiger partial charge is 0.347 e. The molecule has 0 saturated carbocycles. The van der Waals surface area contributed by atoms with Crippen LogP contribution in [0.2, 0.25) is 0 Å². The SMILES string of the molecule is CCC(=O)N1c2ccc(S(=O)(=O)N3CCC4(CC3)OCCO4)cc2C[C@@H]1C. The lowest BCUT2D eigenvalue weighted by Crippen LogP contribution is -2.47. The number of carbonyl (C=O) groups excluding carboxylic acids is 1. The number of anilines is 1. The molecule has 0 aliphatic carbocycles. The van der Waals surface area contributed by atoms with E-state index >= 15 is 0 Å². The molecule has 1 atom stereocenters. The Morgan fingerprint density at radius 3 is 2.52 bits per heavy atom. The van der Waals surface area contributed by atoms with E-state index in [0.717, 1.165) is 11.3 Å². The van der Waals surface area contributed by atoms with Gasteiger partial charge in [0.25, 0.3) is 0 Å². The van der Waals surface area contributed by atoms with Crippen LogP contribution in [0.3, 0.4) is 0 Å². The van der Waals surface area contributed by atoms with Gasteiger partial charge in [-0.2, -0.15) is 4.31 Å². The summed E-state index contributed by atoms with van der Waals surface area (Å²) < 4.78 is 39.1. The summed E-state index contributed by atoms with van der Waals surface area (Å²) in [6.45, 7) is 5.75. The maximum Gasteiger partial charge on any atom is 0.243 e. The van der Waals surface area contributed by atoms with Crippen LogP contribution in [-0.4, -0.2) is 56.8 Å². The van der Waals surface area contributed by atoms with Crippen LogP contribution in [0.5, 0.6) is 0 Å². The van der Waals surface area contributed by atoms with Crippen molar-refractivity contribution in [3.8, 4) is 0 Å². The van der Waals surface area contributed by atoms with E-state index in [-0.39, 0.29) is 11.9 Å². The zero-order valence-corrected chi connectivity index (χ0v) is 16.6. The zero-order valence-electron chi connectivity index (χ0n) is 15.8. The molecule has 2 fully saturated rings. The van der Waals surface area contributed by atoms with Crippen molar-refractivity contribution in [2.75, 3.05) is 31.2 Å². The topological polar surface area (TPSA) is 76.2 Å². The Morgan fingerprint density at radius 1 is 1.22 bits per heavy atom. The predicted octanol–water partition coefficient (Wildman–Crippen LogP) is 1.90. The van der Waals surface area contributed by atoms with Crippen molar-refractivity contribution >= 4 is 21.6 Å². The molecule has 7 nitrogen and oxygen atoms in total. The molecule has 3 aliphatic heterocycles. The Labute approximate surface area is 160 Å². The lowest BCUT2D eigenvalue weighted by Gasteiger charge is -2.36. The van der Waals surface area contributed by atoms with Gasteiger partial charge in [0.1, 0.15) is 0 Å². The summed E-state index contributed by atoms with van der Waals surface area (Å²) in [5.74, 6) is -0.532. The lowest BCUT2D eigenvalue weighted by atomic mass is 10.1. The highest BCUT2D eigenvalue weighted by Crippen LogP contribution is 2.37. The van der Waals surface area contributed by atoms with Crippen molar-refractivity contribution in [2.45, 2.75) is 56.3 Å². The quantitative estimate of drug-likeness (QED) is 0.783. The molecule has 148 valence electrons. The lowest BCUT2D eigenvalue weighted by molar-refractivity contribution is -0.179. The van der Waals surface area contributed by atoms with E-state index in [0.29, 0.717) is 56.9 Å². The molecule has 1 amide bonds. The summed E-state index contributed by atoms with van der Waals surface area (Å²) in [6.07, 6.45) is 2.21. The summed E-state index contributed by atoms with van der Waals surface area (Å²) in [7, 11) is -3.57. The average molecular weight is 394 g/mol. The number of sulfonamides is 1. The Kier molecular flexibility index (Phi) is 4.78. The maximum atomic E-state index is 13.1. The highest BCUT2D eigenvalue weighted by molar-refractivity contribution is 7.89. The number of nitrogens with zero attached hydrogens (tertiary/aromatic N) is 2. The van der Waals surface area contributed by atoms with Gasteiger partial charge < -0.3 is 14.4 Å². The predicted molar refractivity (Wildman–Crippen MR) is 100 cm³/mol. The van der Waals surface area contributed by atoms with Gasteiger partial charge in [-0.25, -0.2) is 8.42 Å². The number of benzene rings is 1. The smallest absolute Gasteiger partial charge is 0.243 e. The molecule has 3 heterocycles. The third-order valence-electron chi connectivity index (χ3n) is 5.77. The first kappa shape index (κ1) is 18.9. The van der Waals surface area contributed by atoms with E-state index in [1.54, 1.807) is 23.1 Å². The molecule has 3 aliphatic rings. The molecule has 2 saturated heterocycles. The zero-order chi connectivity index (χ0) is 19.2. The van der Waals surface area contributed by atoms with Gasteiger partial charge in [0.15, 0.2) is 5.79 Å². The van der Waals surface area contributed by atoms with Crippen LogP contribution >= 0.6 is 0 Å². The number of hydrogen-bond donors (Lipinski definition) is 0. The van der Waals surface area contributed by atoms with Crippen molar-refractivity contribution in [3.63, 3.8) is 0 Å². The van der Waals surface area contributed by atoms with Gasteiger partial charge in [0.05, 0.1) is 18.1 Å². The van der Waals surface area contributed by atoms with Crippen molar-refractivity contribution < 1.29 is 22.7 Å². The summed E-state index contributed by atoms with van der Waals surface area (Å²) >= 11 is 0. The second-order valence-corrected chi connectivity index (χ2v) is 9.41. The van der Waals surface area contributed by atoms with Gasteiger partial charge >= 0.3 is 0 Å². The molecule has 0 unspecified atom stereocenters. The van der Waals surface area contributed by atoms with Crippen LogP contribution in [0.15, 0.2) is 23.1 Å².